The second kappa shape index (κ2) is 6.45. The van der Waals surface area contributed by atoms with Crippen LogP contribution in [0, 0.1) is 5.92 Å². The number of carbonyl (C=O) groups excluding carboxylic acids is 1. The molecule has 1 saturated heterocycles. The molecule has 19 heavy (non-hydrogen) atoms. The predicted octanol–water partition coefficient (Wildman–Crippen LogP) is 2.30. The van der Waals surface area contributed by atoms with Crippen molar-refractivity contribution >= 4 is 11.6 Å². The third kappa shape index (κ3) is 3.88. The van der Waals surface area contributed by atoms with E-state index in [0.717, 1.165) is 25.9 Å². The number of hydrogen-bond donors (Lipinski definition) is 1. The van der Waals surface area contributed by atoms with Crippen molar-refractivity contribution < 1.29 is 9.53 Å². The molecule has 1 aromatic rings. The van der Waals surface area contributed by atoms with Gasteiger partial charge in [0.2, 0.25) is 0 Å². The number of benzene rings is 1. The molecule has 1 fully saturated rings. The lowest BCUT2D eigenvalue weighted by Crippen LogP contribution is -2.42. The van der Waals surface area contributed by atoms with Crippen molar-refractivity contribution in [2.24, 2.45) is 5.92 Å². The molecule has 1 atom stereocenters. The number of nitrogens with zero attached hydrogens (tertiary/aromatic N) is 1. The minimum Gasteiger partial charge on any atom is -0.484 e. The molecule has 0 spiro atoms. The van der Waals surface area contributed by atoms with E-state index >= 15 is 0 Å². The van der Waals surface area contributed by atoms with Gasteiger partial charge in [-0.15, -0.1) is 0 Å². The van der Waals surface area contributed by atoms with Crippen LogP contribution < -0.4 is 10.5 Å². The van der Waals surface area contributed by atoms with Crippen LogP contribution in [0.1, 0.15) is 26.2 Å². The third-order valence-electron chi connectivity index (χ3n) is 3.67. The van der Waals surface area contributed by atoms with Gasteiger partial charge in [-0.25, -0.2) is 0 Å². The Morgan fingerprint density at radius 3 is 3.11 bits per heavy atom. The van der Waals surface area contributed by atoms with Gasteiger partial charge in [-0.05, 0) is 30.9 Å². The van der Waals surface area contributed by atoms with E-state index in [2.05, 4.69) is 6.92 Å². The summed E-state index contributed by atoms with van der Waals surface area (Å²) >= 11 is 0. The maximum Gasteiger partial charge on any atom is 0.260 e. The fourth-order valence-corrected chi connectivity index (χ4v) is 2.47. The van der Waals surface area contributed by atoms with Gasteiger partial charge in [-0.1, -0.05) is 19.4 Å². The second-order valence-corrected chi connectivity index (χ2v) is 5.12. The Kier molecular flexibility index (Phi) is 4.66. The Hall–Kier alpha value is -1.71. The number of anilines is 1. The van der Waals surface area contributed by atoms with Crippen molar-refractivity contribution in [1.29, 1.82) is 0 Å². The fraction of sp³-hybridized carbons (Fsp3) is 0.533. The summed E-state index contributed by atoms with van der Waals surface area (Å²) in [5.41, 5.74) is 6.32. The maximum absolute atomic E-state index is 12.1. The SMILES string of the molecule is CCC1CCCN(C(=O)COc2cccc(N)c2)C1. The highest BCUT2D eigenvalue weighted by Gasteiger charge is 2.22. The molecule has 1 aliphatic rings. The van der Waals surface area contributed by atoms with E-state index in [1.165, 1.54) is 6.42 Å². The van der Waals surface area contributed by atoms with Crippen molar-refractivity contribution in [3.05, 3.63) is 24.3 Å². The first-order valence-corrected chi connectivity index (χ1v) is 6.95. The molecular weight excluding hydrogens is 240 g/mol. The normalized spacial score (nSPS) is 19.2. The zero-order chi connectivity index (χ0) is 13.7. The Balaban J connectivity index is 1.84. The van der Waals surface area contributed by atoms with Gasteiger partial charge in [-0.3, -0.25) is 4.79 Å². The third-order valence-corrected chi connectivity index (χ3v) is 3.67. The monoisotopic (exact) mass is 262 g/mol. The fourth-order valence-electron chi connectivity index (χ4n) is 2.47. The van der Waals surface area contributed by atoms with Gasteiger partial charge in [0.15, 0.2) is 6.61 Å². The average Bonchev–Trinajstić information content (AvgIpc) is 2.45. The first kappa shape index (κ1) is 13.7. The standard InChI is InChI=1S/C15H22N2O2/c1-2-12-5-4-8-17(10-12)15(18)11-19-14-7-3-6-13(16)9-14/h3,6-7,9,12H,2,4-5,8,10-11,16H2,1H3. The Labute approximate surface area is 114 Å². The lowest BCUT2D eigenvalue weighted by molar-refractivity contribution is -0.135. The summed E-state index contributed by atoms with van der Waals surface area (Å²) in [4.78, 5) is 14.0. The van der Waals surface area contributed by atoms with Crippen LogP contribution in [0.2, 0.25) is 0 Å². The van der Waals surface area contributed by atoms with E-state index in [1.54, 1.807) is 12.1 Å². The summed E-state index contributed by atoms with van der Waals surface area (Å²) < 4.78 is 5.50. The lowest BCUT2D eigenvalue weighted by Gasteiger charge is -2.32. The van der Waals surface area contributed by atoms with Gasteiger partial charge in [-0.2, -0.15) is 0 Å². The molecule has 0 saturated carbocycles. The first-order chi connectivity index (χ1) is 9.19. The summed E-state index contributed by atoms with van der Waals surface area (Å²) in [7, 11) is 0. The minimum atomic E-state index is 0.0700. The quantitative estimate of drug-likeness (QED) is 0.847. The zero-order valence-corrected chi connectivity index (χ0v) is 11.5. The van der Waals surface area contributed by atoms with Crippen LogP contribution in [0.25, 0.3) is 0 Å². The van der Waals surface area contributed by atoms with E-state index in [4.69, 9.17) is 10.5 Å². The van der Waals surface area contributed by atoms with Crippen LogP contribution in [-0.4, -0.2) is 30.5 Å². The van der Waals surface area contributed by atoms with Gasteiger partial charge in [0.1, 0.15) is 5.75 Å². The van der Waals surface area contributed by atoms with Gasteiger partial charge < -0.3 is 15.4 Å². The van der Waals surface area contributed by atoms with Crippen molar-refractivity contribution in [3.63, 3.8) is 0 Å². The van der Waals surface area contributed by atoms with Crippen molar-refractivity contribution in [3.8, 4) is 5.75 Å². The van der Waals surface area contributed by atoms with Gasteiger partial charge in [0.05, 0.1) is 0 Å². The van der Waals surface area contributed by atoms with E-state index < -0.39 is 0 Å². The average molecular weight is 262 g/mol. The summed E-state index contributed by atoms with van der Waals surface area (Å²) in [5.74, 6) is 1.36. The molecule has 1 amide bonds. The number of carbonyl (C=O) groups is 1. The number of nitrogen functional groups attached to an aromatic ring is 1. The topological polar surface area (TPSA) is 55.6 Å². The Morgan fingerprint density at radius 1 is 1.53 bits per heavy atom. The van der Waals surface area contributed by atoms with Crippen molar-refractivity contribution in [1.82, 2.24) is 4.90 Å². The molecule has 0 aliphatic carbocycles. The van der Waals surface area contributed by atoms with Gasteiger partial charge in [0.25, 0.3) is 5.91 Å². The smallest absolute Gasteiger partial charge is 0.260 e. The molecule has 1 heterocycles. The molecule has 1 aromatic carbocycles. The van der Waals surface area contributed by atoms with Crippen molar-refractivity contribution in [2.45, 2.75) is 26.2 Å². The maximum atomic E-state index is 12.1. The van der Waals surface area contributed by atoms with Crippen LogP contribution in [-0.2, 0) is 4.79 Å². The predicted molar refractivity (Wildman–Crippen MR) is 75.9 cm³/mol. The van der Waals surface area contributed by atoms with Gasteiger partial charge >= 0.3 is 0 Å². The van der Waals surface area contributed by atoms with Crippen LogP contribution in [0.5, 0.6) is 5.75 Å². The summed E-state index contributed by atoms with van der Waals surface area (Å²) in [6.07, 6.45) is 3.47. The molecular formula is C15H22N2O2. The number of likely N-dealkylation sites (tertiary alicyclic amines) is 1. The number of hydrogen-bond acceptors (Lipinski definition) is 3. The molecule has 2 rings (SSSR count). The summed E-state index contributed by atoms with van der Waals surface area (Å²) in [5, 5.41) is 0. The molecule has 0 aromatic heterocycles. The number of ether oxygens (including phenoxy) is 1. The summed E-state index contributed by atoms with van der Waals surface area (Å²) in [6, 6.07) is 7.17. The number of nitrogens with two attached hydrogens (primary N) is 1. The Morgan fingerprint density at radius 2 is 2.37 bits per heavy atom. The molecule has 4 nitrogen and oxygen atoms in total. The highest BCUT2D eigenvalue weighted by molar-refractivity contribution is 5.77. The lowest BCUT2D eigenvalue weighted by atomic mass is 9.96. The zero-order valence-electron chi connectivity index (χ0n) is 11.5. The first-order valence-electron chi connectivity index (χ1n) is 6.95. The largest absolute Gasteiger partial charge is 0.484 e. The van der Waals surface area contributed by atoms with Crippen LogP contribution in [0.3, 0.4) is 0 Å². The highest BCUT2D eigenvalue weighted by Crippen LogP contribution is 2.19. The number of rotatable bonds is 4. The van der Waals surface area contributed by atoms with E-state index in [0.29, 0.717) is 17.4 Å². The van der Waals surface area contributed by atoms with E-state index in [1.807, 2.05) is 17.0 Å². The number of piperidine rings is 1. The molecule has 4 heteroatoms. The van der Waals surface area contributed by atoms with Crippen LogP contribution >= 0.6 is 0 Å². The van der Waals surface area contributed by atoms with Crippen LogP contribution in [0.4, 0.5) is 5.69 Å². The van der Waals surface area contributed by atoms with Crippen LogP contribution in [0.15, 0.2) is 24.3 Å². The Bertz CT molecular complexity index is 434. The summed E-state index contributed by atoms with van der Waals surface area (Å²) in [6.45, 7) is 4.01. The molecule has 1 unspecified atom stereocenters. The van der Waals surface area contributed by atoms with E-state index in [-0.39, 0.29) is 12.5 Å². The minimum absolute atomic E-state index is 0.0700. The highest BCUT2D eigenvalue weighted by atomic mass is 16.5. The molecule has 1 aliphatic heterocycles. The molecule has 0 bridgehead atoms. The van der Waals surface area contributed by atoms with E-state index in [9.17, 15) is 4.79 Å². The molecule has 0 radical (unpaired) electrons. The number of amides is 1. The van der Waals surface area contributed by atoms with Crippen molar-refractivity contribution in [2.75, 3.05) is 25.4 Å². The molecule has 104 valence electrons. The second-order valence-electron chi connectivity index (χ2n) is 5.12. The molecule has 2 N–H and O–H groups in total. The van der Waals surface area contributed by atoms with Gasteiger partial charge in [0, 0.05) is 24.8 Å².